The van der Waals surface area contributed by atoms with Gasteiger partial charge in [-0.2, -0.15) is 4.72 Å². The third-order valence-electron chi connectivity index (χ3n) is 3.97. The summed E-state index contributed by atoms with van der Waals surface area (Å²) in [7, 11) is -3.92. The van der Waals surface area contributed by atoms with Gasteiger partial charge in [0.05, 0.1) is 6.10 Å². The van der Waals surface area contributed by atoms with E-state index in [1.165, 1.54) is 13.0 Å². The predicted molar refractivity (Wildman–Crippen MR) is 107 cm³/mol. The summed E-state index contributed by atoms with van der Waals surface area (Å²) < 4.78 is 32.7. The lowest BCUT2D eigenvalue weighted by atomic mass is 10.2. The predicted octanol–water partition coefficient (Wildman–Crippen LogP) is 2.68. The molecule has 0 saturated carbocycles. The van der Waals surface area contributed by atoms with E-state index in [1.54, 1.807) is 29.6 Å². The molecule has 10 heteroatoms. The molecule has 0 spiro atoms. The Morgan fingerprint density at radius 2 is 2.00 bits per heavy atom. The second-order valence-corrected chi connectivity index (χ2v) is 9.54. The van der Waals surface area contributed by atoms with Gasteiger partial charge < -0.3 is 14.8 Å². The molecule has 0 radical (unpaired) electrons. The van der Waals surface area contributed by atoms with Crippen LogP contribution in [0, 0.1) is 0 Å². The Kier molecular flexibility index (Phi) is 5.84. The molecule has 1 aromatic carbocycles. The van der Waals surface area contributed by atoms with Crippen molar-refractivity contribution < 1.29 is 22.7 Å². The summed E-state index contributed by atoms with van der Waals surface area (Å²) >= 11 is 1.02. The molecule has 2 heterocycles. The van der Waals surface area contributed by atoms with Crippen molar-refractivity contribution in [2.45, 2.75) is 43.0 Å². The molecule has 0 fully saturated rings. The number of aromatic nitrogens is 1. The maximum atomic E-state index is 12.6. The Morgan fingerprint density at radius 3 is 2.61 bits per heavy atom. The number of fused-ring (bicyclic) bond motifs is 1. The number of nitrogens with one attached hydrogen (secondary N) is 2. The molecule has 0 aliphatic carbocycles. The highest BCUT2D eigenvalue weighted by atomic mass is 32.2. The number of rotatable bonds is 7. The Bertz CT molecular complexity index is 1070. The number of sulfonamides is 1. The van der Waals surface area contributed by atoms with Crippen molar-refractivity contribution in [3.05, 3.63) is 41.6 Å². The summed E-state index contributed by atoms with van der Waals surface area (Å²) in [4.78, 5) is 17.0. The van der Waals surface area contributed by atoms with Gasteiger partial charge in [0.25, 0.3) is 10.0 Å². The van der Waals surface area contributed by atoms with Gasteiger partial charge in [-0.3, -0.25) is 4.79 Å². The van der Waals surface area contributed by atoms with Gasteiger partial charge in [-0.1, -0.05) is 19.9 Å². The van der Waals surface area contributed by atoms with Gasteiger partial charge in [0.2, 0.25) is 5.91 Å². The summed E-state index contributed by atoms with van der Waals surface area (Å²) in [5, 5.41) is 14.2. The van der Waals surface area contributed by atoms with Crippen LogP contribution >= 0.6 is 11.3 Å². The molecule has 0 aliphatic heterocycles. The van der Waals surface area contributed by atoms with Crippen LogP contribution in [0.2, 0.25) is 0 Å². The fraction of sp³-hybridized carbons (Fsp3) is 0.333. The number of amides is 1. The molecular formula is C18H21N3O5S2. The van der Waals surface area contributed by atoms with E-state index in [-0.39, 0.29) is 10.1 Å². The number of benzene rings is 1. The van der Waals surface area contributed by atoms with Gasteiger partial charge in [-0.25, -0.2) is 13.4 Å². The van der Waals surface area contributed by atoms with Crippen molar-refractivity contribution in [1.29, 1.82) is 0 Å². The molecule has 0 aliphatic rings. The van der Waals surface area contributed by atoms with Crippen molar-refractivity contribution in [2.75, 3.05) is 5.32 Å². The first kappa shape index (κ1) is 20.5. The van der Waals surface area contributed by atoms with Crippen LogP contribution in [0.4, 0.5) is 5.69 Å². The molecule has 2 atom stereocenters. The van der Waals surface area contributed by atoms with Gasteiger partial charge in [0, 0.05) is 11.6 Å². The maximum absolute atomic E-state index is 12.6. The number of thiophene rings is 1. The average molecular weight is 424 g/mol. The minimum Gasteiger partial charge on any atom is -0.440 e. The molecular weight excluding hydrogens is 402 g/mol. The summed E-state index contributed by atoms with van der Waals surface area (Å²) in [6.45, 7) is 5.26. The lowest BCUT2D eigenvalue weighted by molar-refractivity contribution is -0.119. The van der Waals surface area contributed by atoms with Crippen molar-refractivity contribution >= 4 is 44.1 Å². The van der Waals surface area contributed by atoms with E-state index in [2.05, 4.69) is 15.0 Å². The minimum atomic E-state index is -3.92. The topological polar surface area (TPSA) is 122 Å². The highest BCUT2D eigenvalue weighted by Crippen LogP contribution is 2.24. The van der Waals surface area contributed by atoms with Gasteiger partial charge in [-0.15, -0.1) is 11.3 Å². The summed E-state index contributed by atoms with van der Waals surface area (Å²) in [5.74, 6) is 0.0304. The minimum absolute atomic E-state index is 0.0659. The van der Waals surface area contributed by atoms with Crippen molar-refractivity contribution in [3.8, 4) is 0 Å². The fourth-order valence-electron chi connectivity index (χ4n) is 2.50. The Morgan fingerprint density at radius 1 is 1.25 bits per heavy atom. The van der Waals surface area contributed by atoms with Crippen molar-refractivity contribution in [1.82, 2.24) is 9.71 Å². The molecule has 2 aromatic heterocycles. The SMILES string of the molecule is CC(C)c1nc2cc(NC(=O)C(NS(=O)(=O)c3cccs3)C(C)O)ccc2o1. The quantitative estimate of drug-likeness (QED) is 0.537. The normalized spacial score (nSPS) is 14.3. The van der Waals surface area contributed by atoms with E-state index < -0.39 is 28.1 Å². The largest absolute Gasteiger partial charge is 0.440 e. The number of nitrogens with zero attached hydrogens (tertiary/aromatic N) is 1. The summed E-state index contributed by atoms with van der Waals surface area (Å²) in [6.07, 6.45) is -1.24. The highest BCUT2D eigenvalue weighted by molar-refractivity contribution is 7.91. The van der Waals surface area contributed by atoms with E-state index in [9.17, 15) is 18.3 Å². The van der Waals surface area contributed by atoms with Crippen LogP contribution in [-0.4, -0.2) is 36.6 Å². The molecule has 3 aromatic rings. The third-order valence-corrected chi connectivity index (χ3v) is 6.81. The number of carbonyl (C=O) groups is 1. The average Bonchev–Trinajstić information content (AvgIpc) is 3.29. The standard InChI is InChI=1S/C18H21N3O5S2/c1-10(2)18-20-13-9-12(6-7-14(13)26-18)19-17(23)16(11(3)22)21-28(24,25)15-5-4-8-27-15/h4-11,16,21-22H,1-3H3,(H,19,23). The zero-order valence-corrected chi connectivity index (χ0v) is 17.2. The Labute approximate surface area is 166 Å². The zero-order valence-electron chi connectivity index (χ0n) is 15.5. The van der Waals surface area contributed by atoms with Crippen LogP contribution < -0.4 is 10.0 Å². The molecule has 0 bridgehead atoms. The van der Waals surface area contributed by atoms with Gasteiger partial charge in [0.1, 0.15) is 15.8 Å². The summed E-state index contributed by atoms with van der Waals surface area (Å²) in [6, 6.07) is 6.60. The van der Waals surface area contributed by atoms with Crippen LogP contribution in [0.5, 0.6) is 0 Å². The number of hydrogen-bond acceptors (Lipinski definition) is 7. The molecule has 2 unspecified atom stereocenters. The lowest BCUT2D eigenvalue weighted by Crippen LogP contribution is -2.49. The summed E-state index contributed by atoms with van der Waals surface area (Å²) in [5.41, 5.74) is 1.59. The molecule has 3 rings (SSSR count). The second-order valence-electron chi connectivity index (χ2n) is 6.65. The number of hydrogen-bond donors (Lipinski definition) is 3. The number of oxazole rings is 1. The van der Waals surface area contributed by atoms with Gasteiger partial charge >= 0.3 is 0 Å². The first-order valence-electron chi connectivity index (χ1n) is 8.62. The van der Waals surface area contributed by atoms with Crippen molar-refractivity contribution in [3.63, 3.8) is 0 Å². The monoisotopic (exact) mass is 423 g/mol. The first-order chi connectivity index (χ1) is 13.2. The smallest absolute Gasteiger partial charge is 0.250 e. The first-order valence-corrected chi connectivity index (χ1v) is 11.0. The molecule has 28 heavy (non-hydrogen) atoms. The number of aliphatic hydroxyl groups excluding tert-OH is 1. The van der Waals surface area contributed by atoms with Crippen molar-refractivity contribution in [2.24, 2.45) is 0 Å². The maximum Gasteiger partial charge on any atom is 0.250 e. The number of carbonyl (C=O) groups excluding carboxylic acids is 1. The van der Waals surface area contributed by atoms with E-state index in [1.807, 2.05) is 13.8 Å². The fourth-order valence-corrected chi connectivity index (χ4v) is 4.78. The van der Waals surface area contributed by atoms with E-state index >= 15 is 0 Å². The zero-order chi connectivity index (χ0) is 20.5. The van der Waals surface area contributed by atoms with Gasteiger partial charge in [0.15, 0.2) is 11.5 Å². The third kappa shape index (κ3) is 4.41. The van der Waals surface area contributed by atoms with Crippen LogP contribution in [0.25, 0.3) is 11.1 Å². The van der Waals surface area contributed by atoms with E-state index in [0.29, 0.717) is 22.7 Å². The van der Waals surface area contributed by atoms with E-state index in [0.717, 1.165) is 11.3 Å². The molecule has 3 N–H and O–H groups in total. The van der Waals surface area contributed by atoms with Crippen LogP contribution in [0.15, 0.2) is 44.3 Å². The highest BCUT2D eigenvalue weighted by Gasteiger charge is 2.30. The molecule has 150 valence electrons. The second kappa shape index (κ2) is 8.00. The van der Waals surface area contributed by atoms with Crippen LogP contribution in [-0.2, 0) is 14.8 Å². The number of aliphatic hydroxyl groups is 1. The van der Waals surface area contributed by atoms with E-state index in [4.69, 9.17) is 4.42 Å². The molecule has 0 saturated heterocycles. The molecule has 8 nitrogen and oxygen atoms in total. The van der Waals surface area contributed by atoms with Gasteiger partial charge in [-0.05, 0) is 36.6 Å². The Balaban J connectivity index is 1.80. The lowest BCUT2D eigenvalue weighted by Gasteiger charge is -2.20. The molecule has 1 amide bonds. The number of anilines is 1. The van der Waals surface area contributed by atoms with Crippen LogP contribution in [0.1, 0.15) is 32.6 Å². The Hall–Kier alpha value is -2.27. The van der Waals surface area contributed by atoms with Crippen LogP contribution in [0.3, 0.4) is 0 Å².